The molecule has 1 aliphatic rings. The number of alkyl halides is 3. The highest BCUT2D eigenvalue weighted by atomic mass is 32.2. The first kappa shape index (κ1) is 17.7. The third-order valence-electron chi connectivity index (χ3n) is 3.53. The Balaban J connectivity index is 2.22. The first-order chi connectivity index (χ1) is 10.5. The average Bonchev–Trinajstić information content (AvgIpc) is 3.21. The topological polar surface area (TPSA) is 66.5 Å². The molecular weight excluding hydrogens is 333 g/mol. The molecule has 1 amide bonds. The number of aryl methyl sites for hydroxylation is 1. The van der Waals surface area contributed by atoms with Gasteiger partial charge >= 0.3 is 6.18 Å². The minimum atomic E-state index is -4.64. The molecule has 2 rings (SSSR count). The van der Waals surface area contributed by atoms with Gasteiger partial charge in [-0.15, -0.1) is 0 Å². The fourth-order valence-corrected chi connectivity index (χ4v) is 3.19. The second-order valence-electron chi connectivity index (χ2n) is 5.58. The van der Waals surface area contributed by atoms with E-state index in [1.807, 2.05) is 0 Å². The van der Waals surface area contributed by atoms with Crippen LogP contribution in [0.3, 0.4) is 0 Å². The zero-order chi connectivity index (χ0) is 17.4. The summed E-state index contributed by atoms with van der Waals surface area (Å²) in [5.74, 6) is -0.471. The molecule has 1 N–H and O–H groups in total. The van der Waals surface area contributed by atoms with Gasteiger partial charge < -0.3 is 5.32 Å². The Kier molecular flexibility index (Phi) is 4.72. The Morgan fingerprint density at radius 1 is 1.35 bits per heavy atom. The Labute approximate surface area is 132 Å². The summed E-state index contributed by atoms with van der Waals surface area (Å²) in [6.45, 7) is 0.820. The molecule has 0 aliphatic heterocycles. The number of hydrogen-bond acceptors (Lipinski definition) is 3. The predicted octanol–water partition coefficient (Wildman–Crippen LogP) is 1.91. The zero-order valence-corrected chi connectivity index (χ0v) is 13.5. The molecule has 9 heteroatoms. The van der Waals surface area contributed by atoms with Gasteiger partial charge in [0.15, 0.2) is 0 Å². The third kappa shape index (κ3) is 4.23. The zero-order valence-electron chi connectivity index (χ0n) is 12.6. The van der Waals surface area contributed by atoms with E-state index in [1.165, 1.54) is 6.92 Å². The van der Waals surface area contributed by atoms with Crippen molar-refractivity contribution in [1.29, 1.82) is 0 Å². The second kappa shape index (κ2) is 6.12. The van der Waals surface area contributed by atoms with Crippen LogP contribution in [0.15, 0.2) is 23.1 Å². The van der Waals surface area contributed by atoms with E-state index >= 15 is 0 Å². The molecule has 0 bridgehead atoms. The van der Waals surface area contributed by atoms with E-state index in [0.717, 1.165) is 36.3 Å². The highest BCUT2D eigenvalue weighted by Gasteiger charge is 2.34. The summed E-state index contributed by atoms with van der Waals surface area (Å²) in [6.07, 6.45) is -2.93. The van der Waals surface area contributed by atoms with Crippen molar-refractivity contribution in [2.24, 2.45) is 0 Å². The molecular formula is C14H17F3N2O3S. The first-order valence-electron chi connectivity index (χ1n) is 6.95. The van der Waals surface area contributed by atoms with Gasteiger partial charge in [0.05, 0.1) is 17.0 Å². The van der Waals surface area contributed by atoms with Gasteiger partial charge in [0.2, 0.25) is 15.9 Å². The molecule has 0 heterocycles. The number of amides is 1. The summed E-state index contributed by atoms with van der Waals surface area (Å²) in [7, 11) is -3.01. The van der Waals surface area contributed by atoms with E-state index in [9.17, 15) is 26.4 Å². The van der Waals surface area contributed by atoms with Crippen LogP contribution in [0, 0.1) is 6.92 Å². The molecule has 0 atom stereocenters. The molecule has 0 spiro atoms. The van der Waals surface area contributed by atoms with Crippen LogP contribution >= 0.6 is 0 Å². The van der Waals surface area contributed by atoms with Crippen molar-refractivity contribution in [1.82, 2.24) is 9.62 Å². The number of nitrogens with zero attached hydrogens (tertiary/aromatic N) is 1. The minimum Gasteiger partial charge on any atom is -0.352 e. The van der Waals surface area contributed by atoms with Gasteiger partial charge in [0.1, 0.15) is 0 Å². The molecule has 1 aromatic carbocycles. The van der Waals surface area contributed by atoms with Crippen LogP contribution in [-0.2, 0) is 21.0 Å². The van der Waals surface area contributed by atoms with Crippen LogP contribution in [-0.4, -0.2) is 38.3 Å². The SMILES string of the molecule is Cc1ccc(S(=O)(=O)N(C)CC(=O)NC2CC2)cc1C(F)(F)F. The number of benzene rings is 1. The van der Waals surface area contributed by atoms with Crippen molar-refractivity contribution in [2.75, 3.05) is 13.6 Å². The summed E-state index contributed by atoms with van der Waals surface area (Å²) in [5, 5.41) is 2.63. The molecule has 1 saturated carbocycles. The lowest BCUT2D eigenvalue weighted by molar-refractivity contribution is -0.138. The van der Waals surface area contributed by atoms with Gasteiger partial charge in [-0.05, 0) is 37.5 Å². The molecule has 0 aromatic heterocycles. The van der Waals surface area contributed by atoms with E-state index in [1.54, 1.807) is 0 Å². The molecule has 0 saturated heterocycles. The quantitative estimate of drug-likeness (QED) is 0.882. The molecule has 0 radical (unpaired) electrons. The lowest BCUT2D eigenvalue weighted by Gasteiger charge is -2.18. The number of nitrogens with one attached hydrogen (secondary N) is 1. The highest BCUT2D eigenvalue weighted by Crippen LogP contribution is 2.33. The molecule has 0 unspecified atom stereocenters. The Hall–Kier alpha value is -1.61. The van der Waals surface area contributed by atoms with Crippen molar-refractivity contribution in [3.63, 3.8) is 0 Å². The van der Waals surface area contributed by atoms with E-state index in [2.05, 4.69) is 5.32 Å². The third-order valence-corrected chi connectivity index (χ3v) is 5.33. The number of carbonyl (C=O) groups is 1. The summed E-state index contributed by atoms with van der Waals surface area (Å²) < 4.78 is 64.1. The fourth-order valence-electron chi connectivity index (χ4n) is 2.04. The van der Waals surface area contributed by atoms with Gasteiger partial charge in [0.25, 0.3) is 0 Å². The number of likely N-dealkylation sites (N-methyl/N-ethyl adjacent to an activating group) is 1. The molecule has 1 aliphatic carbocycles. The Morgan fingerprint density at radius 2 is 1.96 bits per heavy atom. The minimum absolute atomic E-state index is 0.0643. The fraction of sp³-hybridized carbons (Fsp3) is 0.500. The number of hydrogen-bond donors (Lipinski definition) is 1. The second-order valence-corrected chi connectivity index (χ2v) is 7.62. The number of sulfonamides is 1. The van der Waals surface area contributed by atoms with Gasteiger partial charge in [-0.25, -0.2) is 8.42 Å². The van der Waals surface area contributed by atoms with Crippen molar-refractivity contribution in [3.05, 3.63) is 29.3 Å². The molecule has 5 nitrogen and oxygen atoms in total. The maximum absolute atomic E-state index is 12.9. The van der Waals surface area contributed by atoms with Gasteiger partial charge in [-0.3, -0.25) is 4.79 Å². The lowest BCUT2D eigenvalue weighted by atomic mass is 10.1. The van der Waals surface area contributed by atoms with Crippen LogP contribution in [0.2, 0.25) is 0 Å². The van der Waals surface area contributed by atoms with E-state index < -0.39 is 39.1 Å². The first-order valence-corrected chi connectivity index (χ1v) is 8.39. The van der Waals surface area contributed by atoms with Crippen LogP contribution < -0.4 is 5.32 Å². The van der Waals surface area contributed by atoms with Crippen LogP contribution in [0.1, 0.15) is 24.0 Å². The van der Waals surface area contributed by atoms with Crippen molar-refractivity contribution in [2.45, 2.75) is 36.9 Å². The standard InChI is InChI=1S/C14H17F3N2O3S/c1-9-3-6-11(7-12(9)14(15,16)17)23(21,22)19(2)8-13(20)18-10-4-5-10/h3,6-7,10H,4-5,8H2,1-2H3,(H,18,20). The lowest BCUT2D eigenvalue weighted by Crippen LogP contribution is -2.39. The Morgan fingerprint density at radius 3 is 2.48 bits per heavy atom. The molecule has 23 heavy (non-hydrogen) atoms. The highest BCUT2D eigenvalue weighted by molar-refractivity contribution is 7.89. The van der Waals surface area contributed by atoms with Gasteiger partial charge in [0, 0.05) is 13.1 Å². The smallest absolute Gasteiger partial charge is 0.352 e. The maximum Gasteiger partial charge on any atom is 0.416 e. The van der Waals surface area contributed by atoms with Crippen molar-refractivity contribution in [3.8, 4) is 0 Å². The van der Waals surface area contributed by atoms with E-state index in [0.29, 0.717) is 6.07 Å². The average molecular weight is 350 g/mol. The van der Waals surface area contributed by atoms with E-state index in [4.69, 9.17) is 0 Å². The molecule has 1 aromatic rings. The van der Waals surface area contributed by atoms with Crippen molar-refractivity contribution < 1.29 is 26.4 Å². The van der Waals surface area contributed by atoms with Crippen LogP contribution in [0.25, 0.3) is 0 Å². The maximum atomic E-state index is 12.9. The van der Waals surface area contributed by atoms with Crippen molar-refractivity contribution >= 4 is 15.9 Å². The summed E-state index contributed by atoms with van der Waals surface area (Å²) in [5.41, 5.74) is -1.07. The largest absolute Gasteiger partial charge is 0.416 e. The number of rotatable bonds is 5. The number of carbonyl (C=O) groups excluding carboxylic acids is 1. The molecule has 128 valence electrons. The predicted molar refractivity (Wildman–Crippen MR) is 77.2 cm³/mol. The summed E-state index contributed by atoms with van der Waals surface area (Å²) in [4.78, 5) is 11.2. The molecule has 1 fully saturated rings. The van der Waals surface area contributed by atoms with Crippen LogP contribution in [0.5, 0.6) is 0 Å². The van der Waals surface area contributed by atoms with Gasteiger partial charge in [-0.2, -0.15) is 17.5 Å². The van der Waals surface area contributed by atoms with Crippen LogP contribution in [0.4, 0.5) is 13.2 Å². The van der Waals surface area contributed by atoms with E-state index in [-0.39, 0.29) is 11.6 Å². The summed E-state index contributed by atoms with van der Waals surface area (Å²) in [6, 6.07) is 2.89. The Bertz CT molecular complexity index is 712. The summed E-state index contributed by atoms with van der Waals surface area (Å²) >= 11 is 0. The number of halogens is 3. The monoisotopic (exact) mass is 350 g/mol. The normalized spacial score (nSPS) is 15.7. The van der Waals surface area contributed by atoms with Gasteiger partial charge in [-0.1, -0.05) is 6.07 Å².